The highest BCUT2D eigenvalue weighted by Crippen LogP contribution is 2.39. The van der Waals surface area contributed by atoms with Gasteiger partial charge in [0.05, 0.1) is 0 Å². The number of rotatable bonds is 6. The van der Waals surface area contributed by atoms with Crippen LogP contribution in [0, 0.1) is 18.8 Å². The van der Waals surface area contributed by atoms with E-state index in [0.717, 1.165) is 23.4 Å². The Hall–Kier alpha value is -0.530. The van der Waals surface area contributed by atoms with Crippen molar-refractivity contribution in [3.05, 3.63) is 34.3 Å². The molecule has 0 amide bonds. The van der Waals surface area contributed by atoms with Crippen LogP contribution in [0.2, 0.25) is 5.02 Å². The van der Waals surface area contributed by atoms with E-state index in [4.69, 9.17) is 11.6 Å². The smallest absolute Gasteiger partial charge is 0.0411 e. The highest BCUT2D eigenvalue weighted by molar-refractivity contribution is 6.30. The van der Waals surface area contributed by atoms with Gasteiger partial charge in [-0.05, 0) is 67.8 Å². The average molecular weight is 308 g/mol. The summed E-state index contributed by atoms with van der Waals surface area (Å²) in [5.41, 5.74) is 2.65. The van der Waals surface area contributed by atoms with Crippen LogP contribution in [0.5, 0.6) is 0 Å². The maximum atomic E-state index is 6.30. The van der Waals surface area contributed by atoms with E-state index in [9.17, 15) is 0 Å². The first-order chi connectivity index (χ1) is 10.1. The van der Waals surface area contributed by atoms with Gasteiger partial charge in [-0.1, -0.05) is 50.8 Å². The van der Waals surface area contributed by atoms with Gasteiger partial charge >= 0.3 is 0 Å². The molecule has 1 aliphatic rings. The molecule has 118 valence electrons. The Morgan fingerprint density at radius 3 is 2.71 bits per heavy atom. The molecule has 1 saturated carbocycles. The van der Waals surface area contributed by atoms with Crippen molar-refractivity contribution < 1.29 is 0 Å². The predicted molar refractivity (Wildman–Crippen MR) is 93.0 cm³/mol. The lowest BCUT2D eigenvalue weighted by Gasteiger charge is -2.35. The molecule has 0 bridgehead atoms. The molecule has 3 atom stereocenters. The standard InChI is InChI=1S/C19H30ClN/c1-4-9-21-19(16-8-6-7-15(5-2)12-16)17-10-14(3)11-18(20)13-17/h10-11,13,15-16,19,21H,4-9,12H2,1-3H3. The van der Waals surface area contributed by atoms with E-state index < -0.39 is 0 Å². The maximum absolute atomic E-state index is 6.30. The van der Waals surface area contributed by atoms with Crippen molar-refractivity contribution >= 4 is 11.6 Å². The molecule has 1 N–H and O–H groups in total. The van der Waals surface area contributed by atoms with Gasteiger partial charge in [-0.2, -0.15) is 0 Å². The van der Waals surface area contributed by atoms with Crippen molar-refractivity contribution in [3.8, 4) is 0 Å². The molecular weight excluding hydrogens is 278 g/mol. The van der Waals surface area contributed by atoms with E-state index >= 15 is 0 Å². The van der Waals surface area contributed by atoms with E-state index in [-0.39, 0.29) is 0 Å². The lowest BCUT2D eigenvalue weighted by Crippen LogP contribution is -2.32. The van der Waals surface area contributed by atoms with Gasteiger partial charge in [0.25, 0.3) is 0 Å². The van der Waals surface area contributed by atoms with Gasteiger partial charge in [0, 0.05) is 11.1 Å². The average Bonchev–Trinajstić information content (AvgIpc) is 2.47. The molecule has 0 radical (unpaired) electrons. The topological polar surface area (TPSA) is 12.0 Å². The second-order valence-corrected chi connectivity index (χ2v) is 7.13. The lowest BCUT2D eigenvalue weighted by molar-refractivity contribution is 0.209. The third-order valence-corrected chi connectivity index (χ3v) is 5.13. The summed E-state index contributed by atoms with van der Waals surface area (Å²) < 4.78 is 0. The van der Waals surface area contributed by atoms with Crippen molar-refractivity contribution in [1.29, 1.82) is 0 Å². The first kappa shape index (κ1) is 16.8. The number of hydrogen-bond donors (Lipinski definition) is 1. The largest absolute Gasteiger partial charge is 0.310 e. The van der Waals surface area contributed by atoms with Crippen LogP contribution < -0.4 is 5.32 Å². The summed E-state index contributed by atoms with van der Waals surface area (Å²) in [6.45, 7) is 7.81. The molecule has 0 heterocycles. The monoisotopic (exact) mass is 307 g/mol. The Morgan fingerprint density at radius 2 is 2.05 bits per heavy atom. The molecule has 1 aliphatic carbocycles. The Balaban J connectivity index is 2.20. The molecule has 3 unspecified atom stereocenters. The van der Waals surface area contributed by atoms with Crippen molar-refractivity contribution in [2.24, 2.45) is 11.8 Å². The van der Waals surface area contributed by atoms with Gasteiger partial charge in [0.2, 0.25) is 0 Å². The molecule has 1 aromatic carbocycles. The van der Waals surface area contributed by atoms with Crippen molar-refractivity contribution in [2.75, 3.05) is 6.54 Å². The second-order valence-electron chi connectivity index (χ2n) is 6.69. The zero-order valence-corrected chi connectivity index (χ0v) is 14.5. The van der Waals surface area contributed by atoms with E-state index in [1.165, 1.54) is 49.7 Å². The molecule has 1 fully saturated rings. The molecule has 0 saturated heterocycles. The number of hydrogen-bond acceptors (Lipinski definition) is 1. The molecular formula is C19H30ClN. The third-order valence-electron chi connectivity index (χ3n) is 4.91. The minimum Gasteiger partial charge on any atom is -0.310 e. The summed E-state index contributed by atoms with van der Waals surface area (Å²) in [6, 6.07) is 7.00. The minimum absolute atomic E-state index is 0.469. The predicted octanol–water partition coefficient (Wildman–Crippen LogP) is 5.91. The minimum atomic E-state index is 0.469. The zero-order valence-electron chi connectivity index (χ0n) is 13.8. The molecule has 2 rings (SSSR count). The first-order valence-corrected chi connectivity index (χ1v) is 9.02. The van der Waals surface area contributed by atoms with Gasteiger partial charge in [-0.3, -0.25) is 0 Å². The molecule has 0 aromatic heterocycles. The van der Waals surface area contributed by atoms with Crippen LogP contribution >= 0.6 is 11.6 Å². The van der Waals surface area contributed by atoms with Crippen LogP contribution in [0.15, 0.2) is 18.2 Å². The zero-order chi connectivity index (χ0) is 15.2. The third kappa shape index (κ3) is 4.72. The van der Waals surface area contributed by atoms with Crippen molar-refractivity contribution in [1.82, 2.24) is 5.32 Å². The van der Waals surface area contributed by atoms with Crippen molar-refractivity contribution in [2.45, 2.75) is 65.3 Å². The normalized spacial score (nSPS) is 24.0. The van der Waals surface area contributed by atoms with E-state index in [0.29, 0.717) is 6.04 Å². The Bertz CT molecular complexity index is 423. The van der Waals surface area contributed by atoms with Crippen LogP contribution in [-0.2, 0) is 0 Å². The number of benzene rings is 1. The molecule has 2 heteroatoms. The molecule has 0 aliphatic heterocycles. The summed E-state index contributed by atoms with van der Waals surface area (Å²) in [7, 11) is 0. The fraction of sp³-hybridized carbons (Fsp3) is 0.684. The van der Waals surface area contributed by atoms with Gasteiger partial charge in [-0.15, -0.1) is 0 Å². The highest BCUT2D eigenvalue weighted by atomic mass is 35.5. The fourth-order valence-corrected chi connectivity index (χ4v) is 4.10. The molecule has 0 spiro atoms. The molecule has 1 aromatic rings. The second kappa shape index (κ2) is 8.19. The maximum Gasteiger partial charge on any atom is 0.0411 e. The summed E-state index contributed by atoms with van der Waals surface area (Å²) in [6.07, 6.45) is 8.02. The van der Waals surface area contributed by atoms with Gasteiger partial charge < -0.3 is 5.32 Å². The van der Waals surface area contributed by atoms with Crippen LogP contribution in [0.4, 0.5) is 0 Å². The molecule has 21 heavy (non-hydrogen) atoms. The molecule has 1 nitrogen and oxygen atoms in total. The highest BCUT2D eigenvalue weighted by Gasteiger charge is 2.28. The Kier molecular flexibility index (Phi) is 6.57. The summed E-state index contributed by atoms with van der Waals surface area (Å²) >= 11 is 6.30. The van der Waals surface area contributed by atoms with Crippen molar-refractivity contribution in [3.63, 3.8) is 0 Å². The SMILES string of the molecule is CCCNC(c1cc(C)cc(Cl)c1)C1CCCC(CC)C1. The summed E-state index contributed by atoms with van der Waals surface area (Å²) in [5.74, 6) is 1.67. The number of aryl methyl sites for hydroxylation is 1. The summed E-state index contributed by atoms with van der Waals surface area (Å²) in [4.78, 5) is 0. The number of nitrogens with one attached hydrogen (secondary N) is 1. The quantitative estimate of drug-likeness (QED) is 0.689. The lowest BCUT2D eigenvalue weighted by atomic mass is 9.75. The van der Waals surface area contributed by atoms with Gasteiger partial charge in [0.1, 0.15) is 0 Å². The Labute approximate surface area is 135 Å². The van der Waals surface area contributed by atoms with E-state index in [2.05, 4.69) is 44.3 Å². The fourth-order valence-electron chi connectivity index (χ4n) is 3.81. The summed E-state index contributed by atoms with van der Waals surface area (Å²) in [5, 5.41) is 4.67. The van der Waals surface area contributed by atoms with E-state index in [1.807, 2.05) is 0 Å². The van der Waals surface area contributed by atoms with Crippen LogP contribution in [0.25, 0.3) is 0 Å². The van der Waals surface area contributed by atoms with Gasteiger partial charge in [-0.25, -0.2) is 0 Å². The Morgan fingerprint density at radius 1 is 1.24 bits per heavy atom. The van der Waals surface area contributed by atoms with E-state index in [1.54, 1.807) is 0 Å². The first-order valence-electron chi connectivity index (χ1n) is 8.64. The van der Waals surface area contributed by atoms with Crippen LogP contribution in [-0.4, -0.2) is 6.54 Å². The van der Waals surface area contributed by atoms with Crippen LogP contribution in [0.1, 0.15) is 69.5 Å². The van der Waals surface area contributed by atoms with Gasteiger partial charge in [0.15, 0.2) is 0 Å². The van der Waals surface area contributed by atoms with Crippen LogP contribution in [0.3, 0.4) is 0 Å². The number of halogens is 1.